The fourth-order valence-electron chi connectivity index (χ4n) is 4.45. The van der Waals surface area contributed by atoms with Crippen LogP contribution in [0.2, 0.25) is 0 Å². The van der Waals surface area contributed by atoms with Crippen LogP contribution in [-0.2, 0) is 4.74 Å². The molecule has 182 valence electrons. The van der Waals surface area contributed by atoms with Crippen LogP contribution in [0.5, 0.6) is 0 Å². The van der Waals surface area contributed by atoms with Crippen molar-refractivity contribution in [2.45, 2.75) is 118 Å². The molecule has 2 atom stereocenters. The number of ether oxygens (including phenoxy) is 1. The molecular weight excluding hydrogens is 400 g/mol. The monoisotopic (exact) mass is 446 g/mol. The number of hydrogen-bond donors (Lipinski definition) is 1. The Kier molecular flexibility index (Phi) is 13.3. The summed E-state index contributed by atoms with van der Waals surface area (Å²) < 4.78 is 5.87. The molecule has 0 spiro atoms. The molecular formula is C28H46O4. The molecule has 0 bridgehead atoms. The van der Waals surface area contributed by atoms with Gasteiger partial charge in [-0.15, -0.1) is 0 Å². The number of unbranched alkanes of at least 4 members (excludes halogenated alkanes) is 7. The number of aromatic carboxylic acids is 1. The molecule has 0 aliphatic carbocycles. The number of benzene rings is 1. The Bertz CT molecular complexity index is 674. The summed E-state index contributed by atoms with van der Waals surface area (Å²) in [6.07, 6.45) is 13.6. The molecule has 4 heteroatoms. The summed E-state index contributed by atoms with van der Waals surface area (Å²) >= 11 is 0. The predicted octanol–water partition coefficient (Wildman–Crippen LogP) is 8.29. The first kappa shape index (κ1) is 28.2. The Morgan fingerprint density at radius 2 is 1.44 bits per heavy atom. The maximum absolute atomic E-state index is 12.8. The van der Waals surface area contributed by atoms with Crippen LogP contribution in [0.3, 0.4) is 0 Å². The third-order valence-corrected chi connectivity index (χ3v) is 5.97. The topological polar surface area (TPSA) is 63.6 Å². The van der Waals surface area contributed by atoms with Gasteiger partial charge in [-0.1, -0.05) is 91.7 Å². The van der Waals surface area contributed by atoms with E-state index >= 15 is 0 Å². The smallest absolute Gasteiger partial charge is 0.339 e. The molecule has 2 unspecified atom stereocenters. The molecule has 0 radical (unpaired) electrons. The molecule has 0 saturated carbocycles. The predicted molar refractivity (Wildman–Crippen MR) is 132 cm³/mol. The first-order valence-electron chi connectivity index (χ1n) is 12.7. The maximum Gasteiger partial charge on any atom is 0.339 e. The zero-order chi connectivity index (χ0) is 24.0. The van der Waals surface area contributed by atoms with Crippen molar-refractivity contribution < 1.29 is 19.4 Å². The third kappa shape index (κ3) is 12.3. The molecule has 1 aromatic rings. The lowest BCUT2D eigenvalue weighted by Gasteiger charge is -2.25. The number of carboxylic acid groups (broad SMARTS) is 1. The van der Waals surface area contributed by atoms with Gasteiger partial charge in [0.05, 0.1) is 11.1 Å². The zero-order valence-electron chi connectivity index (χ0n) is 21.1. The second-order valence-corrected chi connectivity index (χ2v) is 10.6. The zero-order valence-corrected chi connectivity index (χ0v) is 21.1. The fraction of sp³-hybridized carbons (Fsp3) is 0.714. The molecule has 0 aromatic heterocycles. The molecule has 0 fully saturated rings. The van der Waals surface area contributed by atoms with Crippen LogP contribution in [0.1, 0.15) is 132 Å². The van der Waals surface area contributed by atoms with Crippen LogP contribution >= 0.6 is 0 Å². The number of carbonyl (C=O) groups excluding carboxylic acids is 1. The van der Waals surface area contributed by atoms with E-state index in [1.807, 2.05) is 0 Å². The number of esters is 1. The van der Waals surface area contributed by atoms with Gasteiger partial charge in [0.25, 0.3) is 0 Å². The molecule has 4 nitrogen and oxygen atoms in total. The second kappa shape index (κ2) is 15.1. The normalized spacial score (nSPS) is 13.5. The largest absolute Gasteiger partial charge is 0.478 e. The summed E-state index contributed by atoms with van der Waals surface area (Å²) in [4.78, 5) is 24.3. The maximum atomic E-state index is 12.8. The van der Waals surface area contributed by atoms with E-state index in [4.69, 9.17) is 4.74 Å². The fourth-order valence-corrected chi connectivity index (χ4v) is 4.45. The Labute approximate surface area is 196 Å². The minimum Gasteiger partial charge on any atom is -0.478 e. The standard InChI is InChI=1S/C28H46O4/c1-6-7-8-9-10-11-12-13-16-23(20-19-22(2)21-28(3,4)5)32-27(31)25-18-15-14-17-24(25)26(29)30/h14-15,17-18,22-23H,6-13,16,19-21H2,1-5H3,(H,29,30). The first-order chi connectivity index (χ1) is 15.1. The van der Waals surface area contributed by atoms with Crippen molar-refractivity contribution >= 4 is 11.9 Å². The molecule has 0 heterocycles. The van der Waals surface area contributed by atoms with E-state index < -0.39 is 11.9 Å². The highest BCUT2D eigenvalue weighted by Gasteiger charge is 2.22. The summed E-state index contributed by atoms with van der Waals surface area (Å²) in [6, 6.07) is 6.31. The first-order valence-corrected chi connectivity index (χ1v) is 12.7. The summed E-state index contributed by atoms with van der Waals surface area (Å²) in [6.45, 7) is 11.3. The summed E-state index contributed by atoms with van der Waals surface area (Å²) in [5.41, 5.74) is 0.428. The van der Waals surface area contributed by atoms with Gasteiger partial charge in [0.1, 0.15) is 6.10 Å². The van der Waals surface area contributed by atoms with Crippen LogP contribution in [0.4, 0.5) is 0 Å². The van der Waals surface area contributed by atoms with E-state index in [1.165, 1.54) is 44.6 Å². The van der Waals surface area contributed by atoms with Crippen LogP contribution in [-0.4, -0.2) is 23.1 Å². The van der Waals surface area contributed by atoms with Crippen molar-refractivity contribution in [1.29, 1.82) is 0 Å². The van der Waals surface area contributed by atoms with Gasteiger partial charge < -0.3 is 9.84 Å². The summed E-state index contributed by atoms with van der Waals surface area (Å²) in [5.74, 6) is -1.06. The van der Waals surface area contributed by atoms with Crippen LogP contribution in [0.15, 0.2) is 24.3 Å². The van der Waals surface area contributed by atoms with Crippen molar-refractivity contribution in [2.24, 2.45) is 11.3 Å². The van der Waals surface area contributed by atoms with Crippen LogP contribution < -0.4 is 0 Å². The van der Waals surface area contributed by atoms with Crippen LogP contribution in [0, 0.1) is 11.3 Å². The van der Waals surface area contributed by atoms with Crippen molar-refractivity contribution in [2.75, 3.05) is 0 Å². The highest BCUT2D eigenvalue weighted by atomic mass is 16.5. The average molecular weight is 447 g/mol. The lowest BCUT2D eigenvalue weighted by molar-refractivity contribution is 0.0231. The van der Waals surface area contributed by atoms with E-state index in [0.717, 1.165) is 38.5 Å². The molecule has 0 aliphatic heterocycles. The van der Waals surface area contributed by atoms with E-state index in [0.29, 0.717) is 5.92 Å². The Hall–Kier alpha value is -1.84. The molecule has 32 heavy (non-hydrogen) atoms. The minimum absolute atomic E-state index is 0.00410. The SMILES string of the molecule is CCCCCCCCCCC(CCC(C)CC(C)(C)C)OC(=O)c1ccccc1C(=O)O. The lowest BCUT2D eigenvalue weighted by atomic mass is 9.83. The van der Waals surface area contributed by atoms with Gasteiger partial charge in [-0.25, -0.2) is 9.59 Å². The Balaban J connectivity index is 2.64. The quantitative estimate of drug-likeness (QED) is 0.205. The number of carbonyl (C=O) groups is 2. The van der Waals surface area contributed by atoms with Crippen molar-refractivity contribution in [3.05, 3.63) is 35.4 Å². The highest BCUT2D eigenvalue weighted by molar-refractivity contribution is 6.02. The molecule has 1 N–H and O–H groups in total. The average Bonchev–Trinajstić information content (AvgIpc) is 2.72. The number of carboxylic acids is 1. The van der Waals surface area contributed by atoms with Gasteiger partial charge in [0.15, 0.2) is 0 Å². The summed E-state index contributed by atoms with van der Waals surface area (Å²) in [5, 5.41) is 9.40. The molecule has 0 saturated heterocycles. The van der Waals surface area contributed by atoms with Gasteiger partial charge in [0, 0.05) is 0 Å². The minimum atomic E-state index is -1.10. The van der Waals surface area contributed by atoms with Crippen molar-refractivity contribution in [3.63, 3.8) is 0 Å². The van der Waals surface area contributed by atoms with Gasteiger partial charge in [-0.2, -0.15) is 0 Å². The van der Waals surface area contributed by atoms with E-state index in [2.05, 4.69) is 34.6 Å². The van der Waals surface area contributed by atoms with Crippen LogP contribution in [0.25, 0.3) is 0 Å². The van der Waals surface area contributed by atoms with Gasteiger partial charge in [0.2, 0.25) is 0 Å². The van der Waals surface area contributed by atoms with E-state index in [1.54, 1.807) is 18.2 Å². The Morgan fingerprint density at radius 1 is 0.875 bits per heavy atom. The van der Waals surface area contributed by atoms with Crippen molar-refractivity contribution in [3.8, 4) is 0 Å². The van der Waals surface area contributed by atoms with Gasteiger partial charge in [-0.05, 0) is 55.6 Å². The third-order valence-electron chi connectivity index (χ3n) is 5.97. The van der Waals surface area contributed by atoms with E-state index in [9.17, 15) is 14.7 Å². The molecule has 1 rings (SSSR count). The molecule has 0 amide bonds. The van der Waals surface area contributed by atoms with Crippen molar-refractivity contribution in [1.82, 2.24) is 0 Å². The van der Waals surface area contributed by atoms with Gasteiger partial charge in [-0.3, -0.25) is 0 Å². The highest BCUT2D eigenvalue weighted by Crippen LogP contribution is 2.28. The number of hydrogen-bond acceptors (Lipinski definition) is 3. The summed E-state index contributed by atoms with van der Waals surface area (Å²) in [7, 11) is 0. The van der Waals surface area contributed by atoms with Gasteiger partial charge >= 0.3 is 11.9 Å². The van der Waals surface area contributed by atoms with E-state index in [-0.39, 0.29) is 22.6 Å². The molecule has 1 aromatic carbocycles. The lowest BCUT2D eigenvalue weighted by Crippen LogP contribution is -2.22. The second-order valence-electron chi connectivity index (χ2n) is 10.6. The number of rotatable bonds is 16. The Morgan fingerprint density at radius 3 is 2.00 bits per heavy atom. The molecule has 0 aliphatic rings.